The highest BCUT2D eigenvalue weighted by Crippen LogP contribution is 2.14. The second kappa shape index (κ2) is 6.72. The number of nitrogens with zero attached hydrogens (tertiary/aromatic N) is 2. The molecule has 0 aliphatic heterocycles. The van der Waals surface area contributed by atoms with E-state index in [2.05, 4.69) is 34.5 Å². The fourth-order valence-electron chi connectivity index (χ4n) is 1.66. The second-order valence-electron chi connectivity index (χ2n) is 3.87. The Morgan fingerprint density at radius 3 is 2.35 bits per heavy atom. The van der Waals surface area contributed by atoms with Gasteiger partial charge in [0, 0.05) is 18.7 Å². The number of rotatable bonds is 6. The van der Waals surface area contributed by atoms with E-state index >= 15 is 0 Å². The van der Waals surface area contributed by atoms with Gasteiger partial charge in [-0.3, -0.25) is 0 Å². The summed E-state index contributed by atoms with van der Waals surface area (Å²) in [5.41, 5.74) is 1.39. The van der Waals surface area contributed by atoms with Crippen molar-refractivity contribution in [3.05, 3.63) is 45.9 Å². The molecule has 0 aliphatic carbocycles. The van der Waals surface area contributed by atoms with Gasteiger partial charge in [-0.2, -0.15) is 0 Å². The van der Waals surface area contributed by atoms with E-state index in [4.69, 9.17) is 11.6 Å². The molecule has 0 N–H and O–H groups in total. The quantitative estimate of drug-likeness (QED) is 0.748. The van der Waals surface area contributed by atoms with E-state index in [1.807, 2.05) is 6.07 Å². The Morgan fingerprint density at radius 2 is 1.65 bits per heavy atom. The molecule has 0 saturated carbocycles. The standard InChI is InChI=1S/C13H15ClN2S/c14-10-9-13-16-15-12(17-13)8-4-7-11-5-2-1-3-6-11/h1-3,5-6H,4,7-10H2. The number of hydrogen-bond acceptors (Lipinski definition) is 3. The van der Waals surface area contributed by atoms with Gasteiger partial charge in [-0.15, -0.1) is 33.1 Å². The third kappa shape index (κ3) is 4.10. The Bertz CT molecular complexity index is 442. The summed E-state index contributed by atoms with van der Waals surface area (Å²) in [7, 11) is 0. The molecule has 1 heterocycles. The molecule has 0 amide bonds. The van der Waals surface area contributed by atoms with Crippen molar-refractivity contribution < 1.29 is 0 Å². The van der Waals surface area contributed by atoms with Crippen LogP contribution in [0.4, 0.5) is 0 Å². The summed E-state index contributed by atoms with van der Waals surface area (Å²) in [5, 5.41) is 10.5. The largest absolute Gasteiger partial charge is 0.144 e. The fourth-order valence-corrected chi connectivity index (χ4v) is 2.84. The van der Waals surface area contributed by atoms with Crippen LogP contribution in [0.15, 0.2) is 30.3 Å². The molecule has 4 heteroatoms. The lowest BCUT2D eigenvalue weighted by Gasteiger charge is -1.98. The van der Waals surface area contributed by atoms with Gasteiger partial charge in [-0.1, -0.05) is 30.3 Å². The SMILES string of the molecule is ClCCc1nnc(CCCc2ccccc2)s1. The molecule has 0 atom stereocenters. The number of hydrogen-bond donors (Lipinski definition) is 0. The Balaban J connectivity index is 1.78. The van der Waals surface area contributed by atoms with E-state index in [-0.39, 0.29) is 0 Å². The number of halogens is 1. The second-order valence-corrected chi connectivity index (χ2v) is 5.39. The van der Waals surface area contributed by atoms with E-state index in [0.29, 0.717) is 5.88 Å². The van der Waals surface area contributed by atoms with E-state index in [9.17, 15) is 0 Å². The highest BCUT2D eigenvalue weighted by atomic mass is 35.5. The van der Waals surface area contributed by atoms with Crippen molar-refractivity contribution in [1.82, 2.24) is 10.2 Å². The van der Waals surface area contributed by atoms with Crippen LogP contribution < -0.4 is 0 Å². The van der Waals surface area contributed by atoms with Gasteiger partial charge in [-0.05, 0) is 18.4 Å². The van der Waals surface area contributed by atoms with Gasteiger partial charge in [-0.25, -0.2) is 0 Å². The first-order valence-corrected chi connectivity index (χ1v) is 7.15. The summed E-state index contributed by atoms with van der Waals surface area (Å²) in [6.45, 7) is 0. The maximum Gasteiger partial charge on any atom is 0.118 e. The van der Waals surface area contributed by atoms with Crippen molar-refractivity contribution in [2.45, 2.75) is 25.7 Å². The molecule has 2 aromatic rings. The molecule has 1 aromatic heterocycles. The molecule has 0 fully saturated rings. The van der Waals surface area contributed by atoms with Gasteiger partial charge in [0.25, 0.3) is 0 Å². The molecular weight excluding hydrogens is 252 g/mol. The predicted octanol–water partition coefficient (Wildman–Crippen LogP) is 3.49. The first-order valence-electron chi connectivity index (χ1n) is 5.79. The molecule has 0 radical (unpaired) electrons. The van der Waals surface area contributed by atoms with Gasteiger partial charge in [0.2, 0.25) is 0 Å². The van der Waals surface area contributed by atoms with Crippen LogP contribution in [-0.2, 0) is 19.3 Å². The van der Waals surface area contributed by atoms with Crippen molar-refractivity contribution in [1.29, 1.82) is 0 Å². The maximum atomic E-state index is 5.67. The summed E-state index contributed by atoms with van der Waals surface area (Å²) in [6.07, 6.45) is 4.07. The molecule has 0 aliphatic rings. The van der Waals surface area contributed by atoms with Gasteiger partial charge >= 0.3 is 0 Å². The Labute approximate surface area is 111 Å². The lowest BCUT2D eigenvalue weighted by atomic mass is 10.1. The molecule has 0 unspecified atom stereocenters. The monoisotopic (exact) mass is 266 g/mol. The first-order chi connectivity index (χ1) is 8.38. The van der Waals surface area contributed by atoms with Crippen LogP contribution in [0, 0.1) is 0 Å². The van der Waals surface area contributed by atoms with Crippen molar-refractivity contribution in [2.24, 2.45) is 0 Å². The molecule has 0 saturated heterocycles. The number of aryl methyl sites for hydroxylation is 3. The van der Waals surface area contributed by atoms with Crippen molar-refractivity contribution in [3.63, 3.8) is 0 Å². The summed E-state index contributed by atoms with van der Waals surface area (Å²) >= 11 is 7.35. The topological polar surface area (TPSA) is 25.8 Å². The summed E-state index contributed by atoms with van der Waals surface area (Å²) in [5.74, 6) is 0.624. The predicted molar refractivity (Wildman–Crippen MR) is 72.8 cm³/mol. The number of aromatic nitrogens is 2. The van der Waals surface area contributed by atoms with Crippen LogP contribution in [0.2, 0.25) is 0 Å². The lowest BCUT2D eigenvalue weighted by molar-refractivity contribution is 0.798. The minimum absolute atomic E-state index is 0.624. The van der Waals surface area contributed by atoms with Crippen molar-refractivity contribution in [3.8, 4) is 0 Å². The summed E-state index contributed by atoms with van der Waals surface area (Å²) in [6, 6.07) is 10.5. The minimum Gasteiger partial charge on any atom is -0.144 e. The molecule has 1 aromatic carbocycles. The number of alkyl halides is 1. The van der Waals surface area contributed by atoms with Crippen LogP contribution in [0.25, 0.3) is 0 Å². The average molecular weight is 267 g/mol. The highest BCUT2D eigenvalue weighted by molar-refractivity contribution is 7.11. The molecule has 90 valence electrons. The minimum atomic E-state index is 0.624. The Kier molecular flexibility index (Phi) is 4.95. The zero-order valence-corrected chi connectivity index (χ0v) is 11.2. The summed E-state index contributed by atoms with van der Waals surface area (Å²) in [4.78, 5) is 0. The van der Waals surface area contributed by atoms with Gasteiger partial charge in [0.15, 0.2) is 0 Å². The molecular formula is C13H15ClN2S. The van der Waals surface area contributed by atoms with Crippen LogP contribution in [0.1, 0.15) is 22.0 Å². The zero-order chi connectivity index (χ0) is 11.9. The molecule has 0 spiro atoms. The van der Waals surface area contributed by atoms with Crippen molar-refractivity contribution >= 4 is 22.9 Å². The molecule has 2 rings (SSSR count). The Hall–Kier alpha value is -0.930. The Morgan fingerprint density at radius 1 is 0.941 bits per heavy atom. The fraction of sp³-hybridized carbons (Fsp3) is 0.385. The molecule has 17 heavy (non-hydrogen) atoms. The lowest BCUT2D eigenvalue weighted by Crippen LogP contribution is -1.89. The summed E-state index contributed by atoms with van der Waals surface area (Å²) < 4.78 is 0. The van der Waals surface area contributed by atoms with E-state index in [0.717, 1.165) is 35.7 Å². The van der Waals surface area contributed by atoms with Crippen LogP contribution in [0.3, 0.4) is 0 Å². The maximum absolute atomic E-state index is 5.67. The number of benzene rings is 1. The third-order valence-corrected chi connectivity index (χ3v) is 3.75. The first kappa shape index (κ1) is 12.5. The van der Waals surface area contributed by atoms with E-state index in [1.165, 1.54) is 5.56 Å². The van der Waals surface area contributed by atoms with Gasteiger partial charge in [0.1, 0.15) is 10.0 Å². The van der Waals surface area contributed by atoms with Gasteiger partial charge < -0.3 is 0 Å². The third-order valence-electron chi connectivity index (χ3n) is 2.52. The average Bonchev–Trinajstić information content (AvgIpc) is 2.79. The van der Waals surface area contributed by atoms with E-state index in [1.54, 1.807) is 11.3 Å². The normalized spacial score (nSPS) is 10.6. The van der Waals surface area contributed by atoms with Crippen LogP contribution in [-0.4, -0.2) is 16.1 Å². The molecule has 2 nitrogen and oxygen atoms in total. The highest BCUT2D eigenvalue weighted by Gasteiger charge is 2.03. The van der Waals surface area contributed by atoms with E-state index < -0.39 is 0 Å². The zero-order valence-electron chi connectivity index (χ0n) is 9.60. The van der Waals surface area contributed by atoms with Crippen molar-refractivity contribution in [2.75, 3.05) is 5.88 Å². The smallest absolute Gasteiger partial charge is 0.118 e. The molecule has 0 bridgehead atoms. The van der Waals surface area contributed by atoms with Crippen LogP contribution in [0.5, 0.6) is 0 Å². The van der Waals surface area contributed by atoms with Gasteiger partial charge in [0.05, 0.1) is 0 Å². The van der Waals surface area contributed by atoms with Crippen LogP contribution >= 0.6 is 22.9 Å².